The van der Waals surface area contributed by atoms with Crippen molar-refractivity contribution < 1.29 is 19.3 Å². The molecule has 4 heterocycles. The number of nitrogen functional groups attached to an aromatic ring is 1. The number of phenols is 1. The lowest BCUT2D eigenvalue weighted by atomic mass is 9.80. The highest BCUT2D eigenvalue weighted by atomic mass is 16.5. The van der Waals surface area contributed by atoms with Crippen molar-refractivity contribution >= 4 is 11.7 Å². The van der Waals surface area contributed by atoms with E-state index >= 15 is 0 Å². The van der Waals surface area contributed by atoms with Crippen molar-refractivity contribution in [3.8, 4) is 39.9 Å². The molecule has 5 aromatic rings. The first kappa shape index (κ1) is 24.5. The van der Waals surface area contributed by atoms with Gasteiger partial charge in [-0.05, 0) is 65.7 Å². The molecule has 1 spiro atoms. The van der Waals surface area contributed by atoms with E-state index in [-0.39, 0.29) is 18.4 Å². The molecule has 1 atom stereocenters. The van der Waals surface area contributed by atoms with Crippen LogP contribution < -0.4 is 20.9 Å². The van der Waals surface area contributed by atoms with Gasteiger partial charge in [0.15, 0.2) is 5.54 Å². The van der Waals surface area contributed by atoms with E-state index in [0.29, 0.717) is 17.1 Å². The van der Waals surface area contributed by atoms with Gasteiger partial charge < -0.3 is 30.8 Å². The number of hydrogen-bond donors (Lipinski definition) is 3. The van der Waals surface area contributed by atoms with Crippen LogP contribution in [0.3, 0.4) is 0 Å². The number of nitrogens with two attached hydrogens (primary N) is 2. The molecule has 3 aliphatic rings. The third-order valence-electron chi connectivity index (χ3n) is 7.34. The molecular weight excluding hydrogens is 518 g/mol. The molecule has 4 aromatic carbocycles. The van der Waals surface area contributed by atoms with Crippen LogP contribution in [0, 0.1) is 0 Å². The zero-order valence-corrected chi connectivity index (χ0v) is 21.8. The third kappa shape index (κ3) is 4.33. The Labute approximate surface area is 235 Å². The molecule has 0 saturated heterocycles. The first-order valence-corrected chi connectivity index (χ1v) is 13.0. The van der Waals surface area contributed by atoms with Crippen LogP contribution in [0.15, 0.2) is 103 Å². The van der Waals surface area contributed by atoms with Crippen molar-refractivity contribution in [2.75, 3.05) is 12.3 Å². The summed E-state index contributed by atoms with van der Waals surface area (Å²) in [4.78, 5) is 12.7. The van der Waals surface area contributed by atoms with E-state index in [4.69, 9.17) is 25.7 Å². The molecular formula is C32H25N5O4. The van der Waals surface area contributed by atoms with Gasteiger partial charge in [0.2, 0.25) is 0 Å². The van der Waals surface area contributed by atoms with Crippen LogP contribution >= 0.6 is 0 Å². The Morgan fingerprint density at radius 2 is 1.41 bits per heavy atom. The number of para-hydroxylation sites is 1. The monoisotopic (exact) mass is 543 g/mol. The summed E-state index contributed by atoms with van der Waals surface area (Å²) in [7, 11) is 0. The second kappa shape index (κ2) is 9.56. The van der Waals surface area contributed by atoms with Gasteiger partial charge in [0, 0.05) is 46.8 Å². The van der Waals surface area contributed by atoms with Gasteiger partial charge in [-0.15, -0.1) is 0 Å². The summed E-state index contributed by atoms with van der Waals surface area (Å²) in [6.45, 7) is 0.236. The Morgan fingerprint density at radius 1 is 0.707 bits per heavy atom. The van der Waals surface area contributed by atoms with E-state index in [9.17, 15) is 5.11 Å². The standard InChI is InChI=1S/C19H14N4O3.C13H11NO/c20-18-23-19(9-25-18)14-5-11(12-7-21-10-22-8-12)1-3-16(14)26-17-4-2-13(24)6-15(17)19;14-11-5-6-13-10(8-11)7-9-3-1-2-4-12(9)15-13/h1-8,10,24H,9H2,(H2,20,23);1-6,8H,7,14H2/t19-;/m0./s1. The number of ether oxygens (including phenoxy) is 3. The van der Waals surface area contributed by atoms with Crippen LogP contribution in [0.5, 0.6) is 28.7 Å². The minimum atomic E-state index is -0.864. The molecule has 41 heavy (non-hydrogen) atoms. The zero-order chi connectivity index (χ0) is 28.0. The molecule has 0 aliphatic carbocycles. The third-order valence-corrected chi connectivity index (χ3v) is 7.34. The second-order valence-electron chi connectivity index (χ2n) is 9.97. The lowest BCUT2D eigenvalue weighted by molar-refractivity contribution is 0.264. The minimum Gasteiger partial charge on any atom is -0.508 e. The van der Waals surface area contributed by atoms with E-state index in [2.05, 4.69) is 21.0 Å². The topological polar surface area (TPSA) is 138 Å². The molecule has 202 valence electrons. The zero-order valence-electron chi connectivity index (χ0n) is 21.8. The van der Waals surface area contributed by atoms with E-state index in [0.717, 1.165) is 45.9 Å². The second-order valence-corrected chi connectivity index (χ2v) is 9.97. The minimum absolute atomic E-state index is 0.112. The van der Waals surface area contributed by atoms with Gasteiger partial charge in [0.05, 0.1) is 0 Å². The number of fused-ring (bicyclic) bond motifs is 6. The normalized spacial score (nSPS) is 17.2. The number of amidine groups is 1. The van der Waals surface area contributed by atoms with Crippen LogP contribution in [0.2, 0.25) is 0 Å². The van der Waals surface area contributed by atoms with E-state index in [1.165, 1.54) is 11.9 Å². The van der Waals surface area contributed by atoms with E-state index in [1.54, 1.807) is 30.6 Å². The number of rotatable bonds is 1. The number of nitrogens with zero attached hydrogens (tertiary/aromatic N) is 3. The molecule has 1 aromatic heterocycles. The Balaban J connectivity index is 0.000000156. The van der Waals surface area contributed by atoms with Crippen LogP contribution in [-0.4, -0.2) is 27.7 Å². The molecule has 0 radical (unpaired) electrons. The average molecular weight is 544 g/mol. The van der Waals surface area contributed by atoms with Crippen molar-refractivity contribution in [1.82, 2.24) is 9.97 Å². The number of aromatic hydroxyl groups is 1. The van der Waals surface area contributed by atoms with E-state index < -0.39 is 5.54 Å². The Morgan fingerprint density at radius 3 is 2.22 bits per heavy atom. The largest absolute Gasteiger partial charge is 0.508 e. The summed E-state index contributed by atoms with van der Waals surface area (Å²) in [5.41, 5.74) is 17.2. The predicted octanol–water partition coefficient (Wildman–Crippen LogP) is 5.51. The average Bonchev–Trinajstić information content (AvgIpc) is 3.39. The maximum Gasteiger partial charge on any atom is 0.283 e. The molecule has 8 rings (SSSR count). The van der Waals surface area contributed by atoms with Gasteiger partial charge in [0.1, 0.15) is 41.7 Å². The van der Waals surface area contributed by atoms with Gasteiger partial charge in [-0.2, -0.15) is 0 Å². The lowest BCUT2D eigenvalue weighted by Crippen LogP contribution is -2.31. The predicted molar refractivity (Wildman–Crippen MR) is 154 cm³/mol. The Kier molecular flexibility index (Phi) is 5.71. The van der Waals surface area contributed by atoms with Crippen molar-refractivity contribution in [2.45, 2.75) is 12.0 Å². The number of aromatic nitrogens is 2. The van der Waals surface area contributed by atoms with Crippen LogP contribution in [0.1, 0.15) is 22.3 Å². The number of hydrogen-bond acceptors (Lipinski definition) is 9. The van der Waals surface area contributed by atoms with Crippen LogP contribution in [0.4, 0.5) is 5.69 Å². The molecule has 3 aliphatic heterocycles. The van der Waals surface area contributed by atoms with Crippen molar-refractivity contribution in [2.24, 2.45) is 10.7 Å². The number of benzene rings is 4. The Bertz CT molecular complexity index is 1830. The highest BCUT2D eigenvalue weighted by molar-refractivity contribution is 5.78. The summed E-state index contributed by atoms with van der Waals surface area (Å²) in [5, 5.41) is 9.99. The fourth-order valence-corrected chi connectivity index (χ4v) is 5.38. The van der Waals surface area contributed by atoms with Gasteiger partial charge >= 0.3 is 0 Å². The highest BCUT2D eigenvalue weighted by Gasteiger charge is 2.47. The molecule has 5 N–H and O–H groups in total. The molecule has 0 fully saturated rings. The van der Waals surface area contributed by atoms with Gasteiger partial charge in [-0.25, -0.2) is 15.0 Å². The smallest absolute Gasteiger partial charge is 0.283 e. The van der Waals surface area contributed by atoms with E-state index in [1.807, 2.05) is 54.6 Å². The van der Waals surface area contributed by atoms with Crippen molar-refractivity contribution in [3.63, 3.8) is 0 Å². The molecule has 0 bridgehead atoms. The van der Waals surface area contributed by atoms with Gasteiger partial charge in [-0.1, -0.05) is 24.3 Å². The molecule has 9 heteroatoms. The molecule has 0 saturated carbocycles. The van der Waals surface area contributed by atoms with Crippen LogP contribution in [0.25, 0.3) is 11.1 Å². The number of aliphatic imine (C=N–C) groups is 1. The fourth-order valence-electron chi connectivity index (χ4n) is 5.38. The number of phenolic OH excluding ortho intramolecular Hbond substituents is 1. The van der Waals surface area contributed by atoms with Crippen molar-refractivity contribution in [1.29, 1.82) is 0 Å². The number of anilines is 1. The lowest BCUT2D eigenvalue weighted by Gasteiger charge is -2.33. The maximum atomic E-state index is 9.99. The molecule has 0 unspecified atom stereocenters. The molecule has 0 amide bonds. The first-order valence-electron chi connectivity index (χ1n) is 13.0. The van der Waals surface area contributed by atoms with Gasteiger partial charge in [-0.3, -0.25) is 0 Å². The summed E-state index contributed by atoms with van der Waals surface area (Å²) >= 11 is 0. The van der Waals surface area contributed by atoms with Crippen molar-refractivity contribution in [3.05, 3.63) is 120 Å². The van der Waals surface area contributed by atoms with Crippen LogP contribution in [-0.2, 0) is 16.7 Å². The maximum absolute atomic E-state index is 9.99. The molecule has 9 nitrogen and oxygen atoms in total. The SMILES string of the molecule is NC1=N[C@]2(CO1)c1cc(O)ccc1Oc1ccc(-c3cncnc3)cc12.Nc1ccc2c(c1)Cc1ccccc1O2. The Hall–Kier alpha value is -5.57. The fraction of sp³-hybridized carbons (Fsp3) is 0.0938. The quantitative estimate of drug-likeness (QED) is 0.231. The summed E-state index contributed by atoms with van der Waals surface area (Å²) in [5.74, 6) is 3.29. The summed E-state index contributed by atoms with van der Waals surface area (Å²) < 4.78 is 17.3. The first-order chi connectivity index (χ1) is 20.0. The van der Waals surface area contributed by atoms with Gasteiger partial charge in [0.25, 0.3) is 6.02 Å². The highest BCUT2D eigenvalue weighted by Crippen LogP contribution is 2.52. The summed E-state index contributed by atoms with van der Waals surface area (Å²) in [6, 6.07) is 24.7. The summed E-state index contributed by atoms with van der Waals surface area (Å²) in [6.07, 6.45) is 5.87.